The third-order valence-electron chi connectivity index (χ3n) is 6.44. The van der Waals surface area contributed by atoms with E-state index < -0.39 is 34.7 Å². The smallest absolute Gasteiger partial charge is 0.419 e. The van der Waals surface area contributed by atoms with Gasteiger partial charge in [0.25, 0.3) is 0 Å². The summed E-state index contributed by atoms with van der Waals surface area (Å²) in [6.45, 7) is 2.94. The van der Waals surface area contributed by atoms with Crippen LogP contribution in [0.4, 0.5) is 27.8 Å². The predicted octanol–water partition coefficient (Wildman–Crippen LogP) is 4.02. The van der Waals surface area contributed by atoms with Gasteiger partial charge < -0.3 is 19.5 Å². The highest BCUT2D eigenvalue weighted by Crippen LogP contribution is 2.42. The standard InChI is InChI=1S/C22H21F5N4O3/c1-30-15-9-16(31-4-7-34-21(11-31)2-5-33-6-3-21)28-10-13(15)19(29-30)12-8-14(22(25,26)27)18(24)20(32)17(12)23/h8-10,32H,2-7,11H2,1H3. The molecule has 2 aliphatic heterocycles. The Balaban J connectivity index is 1.56. The third kappa shape index (κ3) is 3.74. The molecule has 2 aromatic heterocycles. The molecule has 2 fully saturated rings. The molecule has 2 aliphatic rings. The molecular weight excluding hydrogens is 463 g/mol. The van der Waals surface area contributed by atoms with Crippen molar-refractivity contribution in [1.82, 2.24) is 14.8 Å². The number of benzene rings is 1. The van der Waals surface area contributed by atoms with Crippen LogP contribution in [-0.4, -0.2) is 58.4 Å². The van der Waals surface area contributed by atoms with Crippen molar-refractivity contribution >= 4 is 16.7 Å². The van der Waals surface area contributed by atoms with Crippen molar-refractivity contribution in [3.8, 4) is 17.0 Å². The lowest BCUT2D eigenvalue weighted by atomic mass is 9.92. The highest BCUT2D eigenvalue weighted by molar-refractivity contribution is 5.94. The summed E-state index contributed by atoms with van der Waals surface area (Å²) in [5.74, 6) is -4.68. The van der Waals surface area contributed by atoms with Crippen LogP contribution < -0.4 is 4.90 Å². The summed E-state index contributed by atoms with van der Waals surface area (Å²) in [6, 6.07) is 2.03. The van der Waals surface area contributed by atoms with Gasteiger partial charge in [0, 0.05) is 69.4 Å². The number of nitrogens with zero attached hydrogens (tertiary/aromatic N) is 4. The molecule has 0 bridgehead atoms. The average molecular weight is 484 g/mol. The van der Waals surface area contributed by atoms with Crippen LogP contribution in [-0.2, 0) is 22.7 Å². The number of ether oxygens (including phenoxy) is 2. The molecule has 1 aromatic carbocycles. The van der Waals surface area contributed by atoms with Gasteiger partial charge in [-0.25, -0.2) is 13.8 Å². The van der Waals surface area contributed by atoms with Crippen molar-refractivity contribution in [2.75, 3.05) is 37.8 Å². The molecule has 0 atom stereocenters. The maximum absolute atomic E-state index is 14.7. The van der Waals surface area contributed by atoms with Crippen molar-refractivity contribution in [1.29, 1.82) is 0 Å². The van der Waals surface area contributed by atoms with E-state index in [-0.39, 0.29) is 16.7 Å². The number of fused-ring (bicyclic) bond motifs is 1. The van der Waals surface area contributed by atoms with E-state index in [1.54, 1.807) is 13.1 Å². The minimum Gasteiger partial charge on any atom is -0.503 e. The molecule has 7 nitrogen and oxygen atoms in total. The van der Waals surface area contributed by atoms with Gasteiger partial charge in [-0.1, -0.05) is 0 Å². The Labute approximate surface area is 190 Å². The Morgan fingerprint density at radius 3 is 2.53 bits per heavy atom. The van der Waals surface area contributed by atoms with E-state index >= 15 is 0 Å². The number of morpholine rings is 1. The first-order valence-electron chi connectivity index (χ1n) is 10.7. The molecule has 3 aromatic rings. The van der Waals surface area contributed by atoms with Crippen LogP contribution in [0.1, 0.15) is 18.4 Å². The summed E-state index contributed by atoms with van der Waals surface area (Å²) in [4.78, 5) is 6.52. The van der Waals surface area contributed by atoms with Gasteiger partial charge in [-0.2, -0.15) is 18.3 Å². The molecule has 34 heavy (non-hydrogen) atoms. The van der Waals surface area contributed by atoms with Gasteiger partial charge in [-0.05, 0) is 6.07 Å². The maximum atomic E-state index is 14.7. The molecule has 0 aliphatic carbocycles. The summed E-state index contributed by atoms with van der Waals surface area (Å²) < 4.78 is 81.2. The van der Waals surface area contributed by atoms with Crippen molar-refractivity contribution in [2.24, 2.45) is 7.05 Å². The molecule has 182 valence electrons. The summed E-state index contributed by atoms with van der Waals surface area (Å²) in [7, 11) is 1.56. The average Bonchev–Trinajstić information content (AvgIpc) is 3.13. The zero-order valence-electron chi connectivity index (χ0n) is 18.1. The summed E-state index contributed by atoms with van der Waals surface area (Å²) in [6.07, 6.45) is -2.21. The number of hydrogen-bond acceptors (Lipinski definition) is 6. The number of alkyl halides is 3. The number of aryl methyl sites for hydroxylation is 1. The first-order valence-corrected chi connectivity index (χ1v) is 10.7. The van der Waals surface area contributed by atoms with Gasteiger partial charge in [-0.15, -0.1) is 0 Å². The van der Waals surface area contributed by atoms with E-state index in [2.05, 4.69) is 15.0 Å². The first-order chi connectivity index (χ1) is 16.1. The third-order valence-corrected chi connectivity index (χ3v) is 6.44. The lowest BCUT2D eigenvalue weighted by molar-refractivity contribution is -0.140. The van der Waals surface area contributed by atoms with Gasteiger partial charge in [0.2, 0.25) is 0 Å². The molecule has 0 saturated carbocycles. The van der Waals surface area contributed by atoms with Crippen molar-refractivity contribution in [3.05, 3.63) is 35.5 Å². The van der Waals surface area contributed by atoms with Crippen LogP contribution in [0.2, 0.25) is 0 Å². The molecule has 4 heterocycles. The molecule has 2 saturated heterocycles. The second-order valence-electron chi connectivity index (χ2n) is 8.54. The normalized spacial score (nSPS) is 18.7. The number of rotatable bonds is 2. The quantitative estimate of drug-likeness (QED) is 0.554. The van der Waals surface area contributed by atoms with Crippen LogP contribution in [0.15, 0.2) is 18.3 Å². The largest absolute Gasteiger partial charge is 0.503 e. The minimum absolute atomic E-state index is 0.183. The van der Waals surface area contributed by atoms with Crippen molar-refractivity contribution in [2.45, 2.75) is 24.6 Å². The van der Waals surface area contributed by atoms with E-state index in [9.17, 15) is 27.1 Å². The number of pyridine rings is 1. The molecule has 0 unspecified atom stereocenters. The number of aromatic nitrogens is 3. The lowest BCUT2D eigenvalue weighted by Crippen LogP contribution is -2.54. The van der Waals surface area contributed by atoms with E-state index in [4.69, 9.17) is 9.47 Å². The fraction of sp³-hybridized carbons (Fsp3) is 0.455. The first kappa shape index (κ1) is 22.8. The number of phenolic OH excluding ortho intramolecular Hbond substituents is 1. The highest BCUT2D eigenvalue weighted by atomic mass is 19.4. The number of anilines is 1. The SMILES string of the molecule is Cn1nc(-c2cc(C(F)(F)F)c(F)c(O)c2F)c2cnc(N3CCOC4(CCOCC4)C3)cc21. The number of phenols is 1. The Morgan fingerprint density at radius 2 is 1.82 bits per heavy atom. The summed E-state index contributed by atoms with van der Waals surface area (Å²) >= 11 is 0. The van der Waals surface area contributed by atoms with Crippen LogP contribution in [0, 0.1) is 11.6 Å². The Morgan fingerprint density at radius 1 is 1.09 bits per heavy atom. The number of aromatic hydroxyl groups is 1. The Bertz CT molecular complexity index is 1250. The van der Waals surface area contributed by atoms with E-state index in [1.165, 1.54) is 10.9 Å². The molecule has 1 spiro atoms. The Kier molecular flexibility index (Phi) is 5.40. The number of hydrogen-bond donors (Lipinski definition) is 1. The molecule has 0 radical (unpaired) electrons. The molecular formula is C22H21F5N4O3. The van der Waals surface area contributed by atoms with Crippen molar-refractivity contribution in [3.63, 3.8) is 0 Å². The molecule has 0 amide bonds. The van der Waals surface area contributed by atoms with Gasteiger partial charge in [0.1, 0.15) is 11.5 Å². The highest BCUT2D eigenvalue weighted by Gasteiger charge is 2.40. The van der Waals surface area contributed by atoms with Gasteiger partial charge in [0.05, 0.1) is 23.3 Å². The van der Waals surface area contributed by atoms with E-state index in [1.807, 2.05) is 0 Å². The van der Waals surface area contributed by atoms with Gasteiger partial charge in [-0.3, -0.25) is 4.68 Å². The molecule has 12 heteroatoms. The predicted molar refractivity (Wildman–Crippen MR) is 111 cm³/mol. The van der Waals surface area contributed by atoms with Crippen LogP contribution in [0.3, 0.4) is 0 Å². The van der Waals surface area contributed by atoms with E-state index in [0.717, 1.165) is 12.8 Å². The fourth-order valence-corrected chi connectivity index (χ4v) is 4.60. The second-order valence-corrected chi connectivity index (χ2v) is 8.54. The van der Waals surface area contributed by atoms with E-state index in [0.29, 0.717) is 50.3 Å². The molecule has 5 rings (SSSR count). The zero-order valence-corrected chi connectivity index (χ0v) is 18.1. The molecule has 1 N–H and O–H groups in total. The minimum atomic E-state index is -5.13. The fourth-order valence-electron chi connectivity index (χ4n) is 4.60. The van der Waals surface area contributed by atoms with Gasteiger partial charge >= 0.3 is 6.18 Å². The van der Waals surface area contributed by atoms with Crippen LogP contribution in [0.5, 0.6) is 5.75 Å². The zero-order chi connectivity index (χ0) is 24.3. The van der Waals surface area contributed by atoms with Crippen molar-refractivity contribution < 1.29 is 36.5 Å². The number of halogens is 5. The lowest BCUT2D eigenvalue weighted by Gasteiger charge is -2.45. The van der Waals surface area contributed by atoms with Gasteiger partial charge in [0.15, 0.2) is 17.4 Å². The maximum Gasteiger partial charge on any atom is 0.419 e. The van der Waals surface area contributed by atoms with Crippen LogP contribution >= 0.6 is 0 Å². The summed E-state index contributed by atoms with van der Waals surface area (Å²) in [5.41, 5.74) is -2.46. The summed E-state index contributed by atoms with van der Waals surface area (Å²) in [5, 5.41) is 14.1. The Hall–Kier alpha value is -2.99. The monoisotopic (exact) mass is 484 g/mol. The van der Waals surface area contributed by atoms with Crippen LogP contribution in [0.25, 0.3) is 22.2 Å². The second kappa shape index (κ2) is 8.05. The topological polar surface area (TPSA) is 72.6 Å².